The number of nitrogens with one attached hydrogen (secondary N) is 2. The van der Waals surface area contributed by atoms with Gasteiger partial charge in [-0.05, 0) is 25.0 Å². The molecule has 15 heteroatoms. The van der Waals surface area contributed by atoms with E-state index in [2.05, 4.69) is 15.3 Å². The van der Waals surface area contributed by atoms with Crippen molar-refractivity contribution in [2.75, 3.05) is 37.2 Å². The topological polar surface area (TPSA) is 168 Å². The molecule has 0 aliphatic carbocycles. The Morgan fingerprint density at radius 2 is 1.85 bits per heavy atom. The predicted molar refractivity (Wildman–Crippen MR) is 122 cm³/mol. The number of nitrogens with zero attached hydrogens (tertiary/aromatic N) is 4. The maximum Gasteiger partial charge on any atom is 0.304 e. The number of hydrogen-bond acceptors (Lipinski definition) is 10. The molecule has 1 fully saturated rings. The lowest BCUT2D eigenvalue weighted by Gasteiger charge is -2.21. The highest BCUT2D eigenvalue weighted by molar-refractivity contribution is 7.89. The average molecular weight is 513 g/mol. The number of hydrogen-bond donors (Lipinski definition) is 2. The largest absolute Gasteiger partial charge is 0.443 e. The summed E-state index contributed by atoms with van der Waals surface area (Å²) in [5.41, 5.74) is 1.35. The number of carbonyl (C=O) groups is 1. The zero-order chi connectivity index (χ0) is 24.3. The van der Waals surface area contributed by atoms with Crippen LogP contribution in [0.15, 0.2) is 39.7 Å². The first kappa shape index (κ1) is 24.1. The zero-order valence-electron chi connectivity index (χ0n) is 18.3. The number of benzene rings is 1. The third-order valence-electron chi connectivity index (χ3n) is 5.17. The van der Waals surface area contributed by atoms with Crippen molar-refractivity contribution in [2.45, 2.75) is 19.8 Å². The van der Waals surface area contributed by atoms with Crippen LogP contribution in [0, 0.1) is 0 Å². The summed E-state index contributed by atoms with van der Waals surface area (Å²) >= 11 is 0. The summed E-state index contributed by atoms with van der Waals surface area (Å²) in [7, 11) is -7.66. The van der Waals surface area contributed by atoms with Gasteiger partial charge < -0.3 is 14.2 Å². The van der Waals surface area contributed by atoms with Gasteiger partial charge in [-0.2, -0.15) is 17.7 Å². The van der Waals surface area contributed by atoms with Crippen molar-refractivity contribution < 1.29 is 30.5 Å². The molecule has 3 aromatic rings. The lowest BCUT2D eigenvalue weighted by Crippen LogP contribution is -2.45. The average Bonchev–Trinajstić information content (AvgIpc) is 3.37. The van der Waals surface area contributed by atoms with Crippen molar-refractivity contribution in [1.82, 2.24) is 23.3 Å². The molecular formula is C19H24N6O7S2. The van der Waals surface area contributed by atoms with Crippen LogP contribution in [-0.4, -0.2) is 73.3 Å². The van der Waals surface area contributed by atoms with Crippen molar-refractivity contribution in [1.29, 1.82) is 0 Å². The lowest BCUT2D eigenvalue weighted by atomic mass is 10.3. The fourth-order valence-corrected chi connectivity index (χ4v) is 6.25. The van der Waals surface area contributed by atoms with Gasteiger partial charge in [-0.3, -0.25) is 4.79 Å². The van der Waals surface area contributed by atoms with Gasteiger partial charge in [0.05, 0.1) is 11.4 Å². The Kier molecular flexibility index (Phi) is 6.88. The highest BCUT2D eigenvalue weighted by Gasteiger charge is 2.31. The van der Waals surface area contributed by atoms with Crippen molar-refractivity contribution in [2.24, 2.45) is 0 Å². The molecule has 34 heavy (non-hydrogen) atoms. The molecular weight excluding hydrogens is 488 g/mol. The third-order valence-corrected chi connectivity index (χ3v) is 8.73. The van der Waals surface area contributed by atoms with Crippen molar-refractivity contribution in [3.05, 3.63) is 36.5 Å². The molecule has 0 radical (unpaired) electrons. The molecule has 1 aliphatic rings. The second kappa shape index (κ2) is 9.69. The molecule has 0 unspecified atom stereocenters. The van der Waals surface area contributed by atoms with Gasteiger partial charge in [-0.1, -0.05) is 13.0 Å². The Morgan fingerprint density at radius 3 is 2.65 bits per heavy atom. The highest BCUT2D eigenvalue weighted by atomic mass is 32.2. The number of anilines is 2. The van der Waals surface area contributed by atoms with Crippen LogP contribution in [0.2, 0.25) is 0 Å². The number of aromatic nitrogens is 2. The highest BCUT2D eigenvalue weighted by Crippen LogP contribution is 2.25. The SMILES string of the molecule is CCCS(=O)(=O)N1CCCN(S(=O)(=O)NC(=O)c2coc(Nc3cccc4ocnc34)n2)CC1. The minimum atomic E-state index is -4.22. The van der Waals surface area contributed by atoms with Crippen molar-refractivity contribution >= 4 is 48.9 Å². The molecule has 0 spiro atoms. The van der Waals surface area contributed by atoms with Gasteiger partial charge in [0.2, 0.25) is 10.0 Å². The van der Waals surface area contributed by atoms with Gasteiger partial charge >= 0.3 is 10.2 Å². The van der Waals surface area contributed by atoms with E-state index in [-0.39, 0.29) is 43.6 Å². The summed E-state index contributed by atoms with van der Waals surface area (Å²) in [4.78, 5) is 20.6. The second-order valence-corrected chi connectivity index (χ2v) is 11.3. The van der Waals surface area contributed by atoms with Crippen LogP contribution in [0.4, 0.5) is 11.7 Å². The summed E-state index contributed by atoms with van der Waals surface area (Å²) in [6, 6.07) is 5.13. The number of amides is 1. The van der Waals surface area contributed by atoms with Crippen LogP contribution in [-0.2, 0) is 20.2 Å². The maximum atomic E-state index is 12.8. The van der Waals surface area contributed by atoms with Crippen molar-refractivity contribution in [3.8, 4) is 0 Å². The van der Waals surface area contributed by atoms with E-state index in [0.717, 1.165) is 10.6 Å². The number of para-hydroxylation sites is 1. The van der Waals surface area contributed by atoms with E-state index in [1.165, 1.54) is 10.7 Å². The standard InChI is InChI=1S/C19H24N6O7S2/c1-2-11-33(27,28)24-7-4-8-25(10-9-24)34(29,30)23-18(26)15-12-31-19(22-15)21-14-5-3-6-16-17(14)20-13-32-16/h3,5-6,12-13H,2,4,7-11H2,1H3,(H,21,22)(H,23,26). The fraction of sp³-hybridized carbons (Fsp3) is 0.421. The molecule has 0 bridgehead atoms. The smallest absolute Gasteiger partial charge is 0.304 e. The van der Waals surface area contributed by atoms with E-state index < -0.39 is 26.1 Å². The Morgan fingerprint density at radius 1 is 1.09 bits per heavy atom. The molecule has 13 nitrogen and oxygen atoms in total. The Balaban J connectivity index is 1.40. The number of sulfonamides is 1. The van der Waals surface area contributed by atoms with Gasteiger partial charge in [0, 0.05) is 26.2 Å². The van der Waals surface area contributed by atoms with E-state index in [0.29, 0.717) is 29.6 Å². The minimum absolute atomic E-state index is 0.00414. The predicted octanol–water partition coefficient (Wildman–Crippen LogP) is 1.28. The molecule has 184 valence electrons. The van der Waals surface area contributed by atoms with Crippen LogP contribution >= 0.6 is 0 Å². The summed E-state index contributed by atoms with van der Waals surface area (Å²) in [5, 5.41) is 2.87. The first-order valence-corrected chi connectivity index (χ1v) is 13.6. The second-order valence-electron chi connectivity index (χ2n) is 7.57. The Hall–Kier alpha value is -3.01. The van der Waals surface area contributed by atoms with Crippen LogP contribution in [0.3, 0.4) is 0 Å². The van der Waals surface area contributed by atoms with Gasteiger partial charge in [-0.25, -0.2) is 22.4 Å². The molecule has 0 atom stereocenters. The monoisotopic (exact) mass is 512 g/mol. The van der Waals surface area contributed by atoms with E-state index in [4.69, 9.17) is 8.83 Å². The summed E-state index contributed by atoms with van der Waals surface area (Å²) in [6.07, 6.45) is 3.09. The summed E-state index contributed by atoms with van der Waals surface area (Å²) in [6.45, 7) is 2.01. The van der Waals surface area contributed by atoms with Crippen LogP contribution in [0.5, 0.6) is 0 Å². The number of rotatable bonds is 8. The van der Waals surface area contributed by atoms with Gasteiger partial charge in [0.25, 0.3) is 11.9 Å². The van der Waals surface area contributed by atoms with E-state index in [1.54, 1.807) is 25.1 Å². The quantitative estimate of drug-likeness (QED) is 0.448. The molecule has 1 aliphatic heterocycles. The zero-order valence-corrected chi connectivity index (χ0v) is 19.9. The molecule has 3 heterocycles. The first-order chi connectivity index (χ1) is 16.2. The molecule has 4 rings (SSSR count). The molecule has 1 saturated heterocycles. The maximum absolute atomic E-state index is 12.8. The van der Waals surface area contributed by atoms with Crippen LogP contribution in [0.25, 0.3) is 11.1 Å². The molecule has 2 aromatic heterocycles. The van der Waals surface area contributed by atoms with Crippen molar-refractivity contribution in [3.63, 3.8) is 0 Å². The lowest BCUT2D eigenvalue weighted by molar-refractivity contribution is 0.0974. The normalized spacial score (nSPS) is 16.4. The minimum Gasteiger partial charge on any atom is -0.443 e. The van der Waals surface area contributed by atoms with E-state index >= 15 is 0 Å². The summed E-state index contributed by atoms with van der Waals surface area (Å²) in [5.74, 6) is -0.972. The van der Waals surface area contributed by atoms with E-state index in [9.17, 15) is 21.6 Å². The number of carbonyl (C=O) groups excluding carboxylic acids is 1. The van der Waals surface area contributed by atoms with Gasteiger partial charge in [-0.15, -0.1) is 0 Å². The fourth-order valence-electron chi connectivity index (χ4n) is 3.55. The number of oxazole rings is 2. The van der Waals surface area contributed by atoms with E-state index in [1.807, 2.05) is 4.72 Å². The van der Waals surface area contributed by atoms with Gasteiger partial charge in [0.15, 0.2) is 17.7 Å². The molecule has 1 aromatic carbocycles. The Bertz CT molecular complexity index is 1380. The number of fused-ring (bicyclic) bond motifs is 1. The van der Waals surface area contributed by atoms with Crippen LogP contribution in [0.1, 0.15) is 30.3 Å². The third kappa shape index (κ3) is 5.22. The molecule has 2 N–H and O–H groups in total. The first-order valence-electron chi connectivity index (χ1n) is 10.5. The molecule has 1 amide bonds. The van der Waals surface area contributed by atoms with Crippen LogP contribution < -0.4 is 10.0 Å². The van der Waals surface area contributed by atoms with Gasteiger partial charge in [0.1, 0.15) is 11.8 Å². The summed E-state index contributed by atoms with van der Waals surface area (Å²) < 4.78 is 64.9. The molecule has 0 saturated carbocycles. The Labute approximate surface area is 196 Å².